The van der Waals surface area contributed by atoms with Crippen LogP contribution in [0.3, 0.4) is 0 Å². The average Bonchev–Trinajstić information content (AvgIpc) is 2.15. The molecule has 0 aliphatic rings. The minimum atomic E-state index is -3.49. The number of hydrogen-bond donors (Lipinski definition) is 1. The van der Waals surface area contributed by atoms with Crippen LogP contribution in [0.5, 0.6) is 0 Å². The number of hydrogen-bond acceptors (Lipinski definition) is 3. The van der Waals surface area contributed by atoms with Crippen LogP contribution >= 0.6 is 0 Å². The number of sulfonamides is 1. The van der Waals surface area contributed by atoms with Crippen molar-refractivity contribution in [3.63, 3.8) is 0 Å². The second-order valence-corrected chi connectivity index (χ2v) is 6.31. The monoisotopic (exact) mass is 252 g/mol. The van der Waals surface area contributed by atoms with Crippen LogP contribution in [0.4, 0.5) is 0 Å². The van der Waals surface area contributed by atoms with E-state index in [2.05, 4.69) is 4.72 Å². The summed E-state index contributed by atoms with van der Waals surface area (Å²) in [4.78, 5) is 0. The molecular formula is C12H16N2O2S. The first-order chi connectivity index (χ1) is 7.74. The van der Waals surface area contributed by atoms with Gasteiger partial charge in [0.15, 0.2) is 0 Å². The number of aryl methyl sites for hydroxylation is 1. The fraction of sp³-hybridized carbons (Fsp3) is 0.417. The fourth-order valence-corrected chi connectivity index (χ4v) is 2.98. The minimum Gasteiger partial charge on any atom is -0.212 e. The molecule has 0 aliphatic heterocycles. The average molecular weight is 252 g/mol. The van der Waals surface area contributed by atoms with Crippen LogP contribution in [-0.4, -0.2) is 14.0 Å². The quantitative estimate of drug-likeness (QED) is 0.887. The topological polar surface area (TPSA) is 70.0 Å². The van der Waals surface area contributed by atoms with Gasteiger partial charge in [0.25, 0.3) is 0 Å². The zero-order valence-corrected chi connectivity index (χ0v) is 11.0. The highest BCUT2D eigenvalue weighted by atomic mass is 32.2. The summed E-state index contributed by atoms with van der Waals surface area (Å²) in [5, 5.41) is 8.79. The first kappa shape index (κ1) is 13.7. The summed E-state index contributed by atoms with van der Waals surface area (Å²) < 4.78 is 26.0. The lowest BCUT2D eigenvalue weighted by molar-refractivity contribution is 0.535. The summed E-state index contributed by atoms with van der Waals surface area (Å²) in [7, 11) is -3.49. The summed E-state index contributed by atoms with van der Waals surface area (Å²) >= 11 is 0. The normalized spacial score (nSPS) is 12.1. The third-order valence-corrected chi connectivity index (χ3v) is 3.66. The van der Waals surface area contributed by atoms with Crippen molar-refractivity contribution in [2.24, 2.45) is 0 Å². The fourth-order valence-electron chi connectivity index (χ4n) is 1.47. The molecule has 0 atom stereocenters. The maximum atomic E-state index is 11.8. The van der Waals surface area contributed by atoms with E-state index in [1.54, 1.807) is 6.07 Å². The van der Waals surface area contributed by atoms with Gasteiger partial charge in [-0.15, -0.1) is 0 Å². The van der Waals surface area contributed by atoms with Gasteiger partial charge in [-0.05, 0) is 26.3 Å². The van der Waals surface area contributed by atoms with Crippen molar-refractivity contribution in [3.05, 3.63) is 35.4 Å². The third-order valence-electron chi connectivity index (χ3n) is 2.13. The highest BCUT2D eigenvalue weighted by molar-refractivity contribution is 7.88. The maximum absolute atomic E-state index is 11.8. The molecule has 0 aromatic heterocycles. The minimum absolute atomic E-state index is 0.111. The highest BCUT2D eigenvalue weighted by Crippen LogP contribution is 2.10. The molecule has 5 heteroatoms. The Bertz CT molecular complexity index is 542. The van der Waals surface area contributed by atoms with E-state index in [9.17, 15) is 8.42 Å². The van der Waals surface area contributed by atoms with Crippen LogP contribution in [0, 0.1) is 18.3 Å². The van der Waals surface area contributed by atoms with Gasteiger partial charge in [0.2, 0.25) is 10.0 Å². The molecule has 0 heterocycles. The Morgan fingerprint density at radius 3 is 2.59 bits per heavy atom. The van der Waals surface area contributed by atoms with Gasteiger partial charge in [-0.3, -0.25) is 0 Å². The first-order valence-electron chi connectivity index (χ1n) is 5.22. The molecule has 1 rings (SSSR count). The molecule has 17 heavy (non-hydrogen) atoms. The highest BCUT2D eigenvalue weighted by Gasteiger charge is 2.24. The van der Waals surface area contributed by atoms with Crippen LogP contribution in [0.1, 0.15) is 25.0 Å². The molecule has 1 aromatic rings. The van der Waals surface area contributed by atoms with Crippen LogP contribution in [0.25, 0.3) is 0 Å². The van der Waals surface area contributed by atoms with E-state index in [0.717, 1.165) is 5.56 Å². The van der Waals surface area contributed by atoms with E-state index in [4.69, 9.17) is 5.26 Å². The lowest BCUT2D eigenvalue weighted by Gasteiger charge is -2.17. The van der Waals surface area contributed by atoms with Crippen molar-refractivity contribution in [1.29, 1.82) is 5.26 Å². The molecule has 92 valence electrons. The summed E-state index contributed by atoms with van der Waals surface area (Å²) in [5.74, 6) is -0.111. The van der Waals surface area contributed by atoms with Crippen molar-refractivity contribution >= 4 is 10.0 Å². The second-order valence-electron chi connectivity index (χ2n) is 4.59. The Morgan fingerprint density at radius 2 is 2.06 bits per heavy atom. The van der Waals surface area contributed by atoms with Crippen LogP contribution in [-0.2, 0) is 15.8 Å². The van der Waals surface area contributed by atoms with Crippen molar-refractivity contribution in [3.8, 4) is 6.07 Å². The number of benzene rings is 1. The molecule has 1 aromatic carbocycles. The smallest absolute Gasteiger partial charge is 0.212 e. The molecule has 0 amide bonds. The van der Waals surface area contributed by atoms with E-state index in [1.807, 2.05) is 31.2 Å². The third kappa shape index (κ3) is 4.55. The summed E-state index contributed by atoms with van der Waals surface area (Å²) in [6.45, 7) is 4.96. The van der Waals surface area contributed by atoms with Crippen LogP contribution in [0.2, 0.25) is 0 Å². The van der Waals surface area contributed by atoms with Crippen LogP contribution < -0.4 is 4.72 Å². The molecule has 0 aliphatic carbocycles. The molecule has 1 N–H and O–H groups in total. The van der Waals surface area contributed by atoms with Gasteiger partial charge in [0.1, 0.15) is 5.54 Å². The Balaban J connectivity index is 2.85. The molecule has 0 radical (unpaired) electrons. The van der Waals surface area contributed by atoms with Gasteiger partial charge >= 0.3 is 0 Å². The SMILES string of the molecule is Cc1cccc(CS(=O)(=O)NC(C)(C)C#N)c1. The number of nitrogens with zero attached hydrogens (tertiary/aromatic N) is 1. The standard InChI is InChI=1S/C12H16N2O2S/c1-10-5-4-6-11(7-10)8-17(15,16)14-12(2,3)9-13/h4-7,14H,8H2,1-3H3. The zero-order chi connectivity index (χ0) is 13.1. The Kier molecular flexibility index (Phi) is 3.91. The molecule has 0 bridgehead atoms. The van der Waals surface area contributed by atoms with E-state index < -0.39 is 15.6 Å². The van der Waals surface area contributed by atoms with Gasteiger partial charge in [-0.2, -0.15) is 9.98 Å². The van der Waals surface area contributed by atoms with E-state index >= 15 is 0 Å². The number of nitrogens with one attached hydrogen (secondary N) is 1. The van der Waals surface area contributed by atoms with E-state index in [0.29, 0.717) is 5.56 Å². The Labute approximate surface area is 102 Å². The van der Waals surface area contributed by atoms with E-state index in [-0.39, 0.29) is 5.75 Å². The largest absolute Gasteiger partial charge is 0.217 e. The lowest BCUT2D eigenvalue weighted by Crippen LogP contribution is -2.42. The van der Waals surface area contributed by atoms with Gasteiger partial charge in [-0.25, -0.2) is 8.42 Å². The number of rotatable bonds is 4. The van der Waals surface area contributed by atoms with Crippen LogP contribution in [0.15, 0.2) is 24.3 Å². The Hall–Kier alpha value is -1.38. The van der Waals surface area contributed by atoms with Gasteiger partial charge in [0, 0.05) is 0 Å². The lowest BCUT2D eigenvalue weighted by atomic mass is 10.1. The molecule has 0 fully saturated rings. The number of nitriles is 1. The summed E-state index contributed by atoms with van der Waals surface area (Å²) in [6, 6.07) is 9.20. The zero-order valence-electron chi connectivity index (χ0n) is 10.2. The van der Waals surface area contributed by atoms with Crippen molar-refractivity contribution < 1.29 is 8.42 Å². The van der Waals surface area contributed by atoms with Crippen molar-refractivity contribution in [1.82, 2.24) is 4.72 Å². The van der Waals surface area contributed by atoms with Gasteiger partial charge < -0.3 is 0 Å². The molecule has 0 saturated heterocycles. The van der Waals surface area contributed by atoms with E-state index in [1.165, 1.54) is 13.8 Å². The predicted molar refractivity (Wildman–Crippen MR) is 66.6 cm³/mol. The summed E-state index contributed by atoms with van der Waals surface area (Å²) in [5.41, 5.74) is 0.645. The van der Waals surface area contributed by atoms with Gasteiger partial charge in [0.05, 0.1) is 11.8 Å². The van der Waals surface area contributed by atoms with Crippen molar-refractivity contribution in [2.45, 2.75) is 32.1 Å². The van der Waals surface area contributed by atoms with Gasteiger partial charge in [-0.1, -0.05) is 29.8 Å². The Morgan fingerprint density at radius 1 is 1.41 bits per heavy atom. The molecule has 0 saturated carbocycles. The second kappa shape index (κ2) is 4.86. The summed E-state index contributed by atoms with van der Waals surface area (Å²) in [6.07, 6.45) is 0. The predicted octanol–water partition coefficient (Wildman–Crippen LogP) is 1.72. The molecule has 0 unspecified atom stereocenters. The maximum Gasteiger partial charge on any atom is 0.217 e. The van der Waals surface area contributed by atoms with Crippen molar-refractivity contribution in [2.75, 3.05) is 0 Å². The molecule has 4 nitrogen and oxygen atoms in total. The molecule has 0 spiro atoms. The molecular weight excluding hydrogens is 236 g/mol. The first-order valence-corrected chi connectivity index (χ1v) is 6.88.